The molecule has 2 N–H and O–H groups in total. The van der Waals surface area contributed by atoms with E-state index in [1.807, 2.05) is 6.07 Å². The Bertz CT molecular complexity index is 1080. The quantitative estimate of drug-likeness (QED) is 0.500. The van der Waals surface area contributed by atoms with Gasteiger partial charge in [0.25, 0.3) is 0 Å². The number of ether oxygens (including phenoxy) is 2. The van der Waals surface area contributed by atoms with Crippen LogP contribution in [0.15, 0.2) is 60.7 Å². The van der Waals surface area contributed by atoms with E-state index in [2.05, 4.69) is 10.6 Å². The van der Waals surface area contributed by atoms with Crippen molar-refractivity contribution in [2.75, 3.05) is 12.1 Å². The second kappa shape index (κ2) is 8.15. The van der Waals surface area contributed by atoms with E-state index < -0.39 is 11.8 Å². The van der Waals surface area contributed by atoms with Gasteiger partial charge in [-0.15, -0.1) is 11.3 Å². The third kappa shape index (κ3) is 4.27. The predicted octanol–water partition coefficient (Wildman–Crippen LogP) is 2.96. The van der Waals surface area contributed by atoms with Gasteiger partial charge in [0, 0.05) is 22.2 Å². The summed E-state index contributed by atoms with van der Waals surface area (Å²) in [4.78, 5) is 37.9. The molecule has 4 rings (SSSR count). The lowest BCUT2D eigenvalue weighted by Gasteiger charge is -2.06. The van der Waals surface area contributed by atoms with Gasteiger partial charge in [0.05, 0.1) is 11.4 Å². The average Bonchev–Trinajstić information content (AvgIpc) is 3.41. The number of ketones is 1. The largest absolute Gasteiger partial charge is 0.454 e. The molecule has 2 aromatic carbocycles. The molecule has 8 heteroatoms. The molecule has 0 radical (unpaired) electrons. The van der Waals surface area contributed by atoms with Crippen molar-refractivity contribution in [3.8, 4) is 11.5 Å². The monoisotopic (exact) mass is 408 g/mol. The Balaban J connectivity index is 1.32. The van der Waals surface area contributed by atoms with Crippen LogP contribution in [0.25, 0.3) is 0 Å². The number of nitrogens with one attached hydrogen (secondary N) is 2. The number of fused-ring (bicyclic) bond motifs is 1. The van der Waals surface area contributed by atoms with E-state index in [0.29, 0.717) is 27.6 Å². The van der Waals surface area contributed by atoms with Gasteiger partial charge in [-0.25, -0.2) is 0 Å². The number of hydrogen-bond acceptors (Lipinski definition) is 6. The Morgan fingerprint density at radius 3 is 2.52 bits per heavy atom. The van der Waals surface area contributed by atoms with Gasteiger partial charge in [0.1, 0.15) is 0 Å². The molecule has 146 valence electrons. The van der Waals surface area contributed by atoms with Gasteiger partial charge < -0.3 is 20.1 Å². The highest BCUT2D eigenvalue weighted by Crippen LogP contribution is 2.34. The van der Waals surface area contributed by atoms with Crippen LogP contribution in [0.1, 0.15) is 20.1 Å². The van der Waals surface area contributed by atoms with Gasteiger partial charge in [-0.2, -0.15) is 0 Å². The van der Waals surface area contributed by atoms with Crippen LogP contribution in [-0.2, 0) is 16.1 Å². The molecule has 1 aromatic heterocycles. The summed E-state index contributed by atoms with van der Waals surface area (Å²) in [6.07, 6.45) is 0. The number of amides is 2. The molecule has 0 saturated heterocycles. The smallest absolute Gasteiger partial charge is 0.313 e. The molecule has 1 aliphatic heterocycles. The summed E-state index contributed by atoms with van der Waals surface area (Å²) in [5, 5.41) is 5.07. The van der Waals surface area contributed by atoms with Gasteiger partial charge >= 0.3 is 11.8 Å². The SMILES string of the molecule is O=C(NCc1ccc(C(=O)c2ccccc2)s1)C(=O)Nc1ccc2c(c1)OCO2. The predicted molar refractivity (Wildman–Crippen MR) is 107 cm³/mol. The molecule has 0 atom stereocenters. The van der Waals surface area contributed by atoms with Crippen molar-refractivity contribution in [2.24, 2.45) is 0 Å². The molecular weight excluding hydrogens is 392 g/mol. The minimum atomic E-state index is -0.791. The normalized spacial score (nSPS) is 11.7. The zero-order chi connectivity index (χ0) is 20.2. The van der Waals surface area contributed by atoms with Crippen LogP contribution >= 0.6 is 11.3 Å². The van der Waals surface area contributed by atoms with E-state index >= 15 is 0 Å². The summed E-state index contributed by atoms with van der Waals surface area (Å²) >= 11 is 1.28. The second-order valence-corrected chi connectivity index (χ2v) is 7.33. The van der Waals surface area contributed by atoms with Crippen molar-refractivity contribution >= 4 is 34.6 Å². The fourth-order valence-corrected chi connectivity index (χ4v) is 3.65. The number of carbonyl (C=O) groups excluding carboxylic acids is 3. The fourth-order valence-electron chi connectivity index (χ4n) is 2.74. The van der Waals surface area contributed by atoms with Crippen LogP contribution in [0.5, 0.6) is 11.5 Å². The number of rotatable bonds is 5. The summed E-state index contributed by atoms with van der Waals surface area (Å²) < 4.78 is 10.4. The fraction of sp³-hybridized carbons (Fsp3) is 0.0952. The molecule has 1 aliphatic rings. The van der Waals surface area contributed by atoms with Crippen molar-refractivity contribution in [2.45, 2.75) is 6.54 Å². The molecule has 0 spiro atoms. The average molecular weight is 408 g/mol. The Labute approximate surface area is 170 Å². The van der Waals surface area contributed by atoms with Crippen molar-refractivity contribution < 1.29 is 23.9 Å². The Hall–Kier alpha value is -3.65. The summed E-state index contributed by atoms with van der Waals surface area (Å²) in [6, 6.07) is 17.3. The number of benzene rings is 2. The first-order valence-electron chi connectivity index (χ1n) is 8.77. The topological polar surface area (TPSA) is 93.7 Å². The highest BCUT2D eigenvalue weighted by atomic mass is 32.1. The van der Waals surface area contributed by atoms with Crippen LogP contribution in [0.4, 0.5) is 5.69 Å². The molecule has 0 aliphatic carbocycles. The van der Waals surface area contributed by atoms with E-state index in [0.717, 1.165) is 4.88 Å². The standard InChI is InChI=1S/C21H16N2O5S/c24-19(13-4-2-1-3-5-13)18-9-7-15(29-18)11-22-20(25)21(26)23-14-6-8-16-17(10-14)28-12-27-16/h1-10H,11-12H2,(H,22,25)(H,23,26). The lowest BCUT2D eigenvalue weighted by Crippen LogP contribution is -2.34. The van der Waals surface area contributed by atoms with Crippen LogP contribution in [0, 0.1) is 0 Å². The molecule has 2 heterocycles. The van der Waals surface area contributed by atoms with E-state index in [-0.39, 0.29) is 19.1 Å². The Morgan fingerprint density at radius 2 is 1.69 bits per heavy atom. The van der Waals surface area contributed by atoms with Crippen molar-refractivity contribution in [1.82, 2.24) is 5.32 Å². The second-order valence-electron chi connectivity index (χ2n) is 6.17. The van der Waals surface area contributed by atoms with Crippen molar-refractivity contribution in [3.05, 3.63) is 76.0 Å². The zero-order valence-electron chi connectivity index (χ0n) is 15.1. The molecular formula is C21H16N2O5S. The van der Waals surface area contributed by atoms with Gasteiger partial charge in [-0.05, 0) is 24.3 Å². The van der Waals surface area contributed by atoms with Crippen LogP contribution in [0.3, 0.4) is 0 Å². The zero-order valence-corrected chi connectivity index (χ0v) is 16.0. The maximum atomic E-state index is 12.4. The van der Waals surface area contributed by atoms with Crippen molar-refractivity contribution in [3.63, 3.8) is 0 Å². The number of thiophene rings is 1. The summed E-state index contributed by atoms with van der Waals surface area (Å²) in [5.74, 6) is -0.537. The molecule has 0 bridgehead atoms. The Morgan fingerprint density at radius 1 is 0.897 bits per heavy atom. The van der Waals surface area contributed by atoms with Gasteiger partial charge in [0.15, 0.2) is 11.5 Å². The molecule has 0 fully saturated rings. The van der Waals surface area contributed by atoms with E-state index in [1.54, 1.807) is 54.6 Å². The Kier molecular flexibility index (Phi) is 5.26. The highest BCUT2D eigenvalue weighted by molar-refractivity contribution is 7.14. The van der Waals surface area contributed by atoms with E-state index in [1.165, 1.54) is 11.3 Å². The first-order chi connectivity index (χ1) is 14.1. The van der Waals surface area contributed by atoms with E-state index in [4.69, 9.17) is 9.47 Å². The highest BCUT2D eigenvalue weighted by Gasteiger charge is 2.18. The van der Waals surface area contributed by atoms with Crippen LogP contribution < -0.4 is 20.1 Å². The first kappa shape index (κ1) is 18.7. The maximum absolute atomic E-state index is 12.4. The lowest BCUT2D eigenvalue weighted by atomic mass is 10.1. The van der Waals surface area contributed by atoms with Crippen LogP contribution in [0.2, 0.25) is 0 Å². The van der Waals surface area contributed by atoms with Gasteiger partial charge in [-0.3, -0.25) is 14.4 Å². The minimum Gasteiger partial charge on any atom is -0.454 e. The number of carbonyl (C=O) groups is 3. The van der Waals surface area contributed by atoms with Gasteiger partial charge in [0.2, 0.25) is 12.6 Å². The van der Waals surface area contributed by atoms with Crippen molar-refractivity contribution in [1.29, 1.82) is 0 Å². The first-order valence-corrected chi connectivity index (χ1v) is 9.59. The summed E-state index contributed by atoms with van der Waals surface area (Å²) in [5.41, 5.74) is 1.04. The summed E-state index contributed by atoms with van der Waals surface area (Å²) in [6.45, 7) is 0.281. The number of anilines is 1. The molecule has 3 aromatic rings. The lowest BCUT2D eigenvalue weighted by molar-refractivity contribution is -0.136. The summed E-state index contributed by atoms with van der Waals surface area (Å²) in [7, 11) is 0. The molecule has 7 nitrogen and oxygen atoms in total. The molecule has 0 saturated carbocycles. The third-order valence-corrected chi connectivity index (χ3v) is 5.27. The minimum absolute atomic E-state index is 0.0753. The molecule has 0 unspecified atom stereocenters. The maximum Gasteiger partial charge on any atom is 0.313 e. The molecule has 2 amide bonds. The number of hydrogen-bond donors (Lipinski definition) is 2. The molecule has 29 heavy (non-hydrogen) atoms. The van der Waals surface area contributed by atoms with E-state index in [9.17, 15) is 14.4 Å². The van der Waals surface area contributed by atoms with Gasteiger partial charge in [-0.1, -0.05) is 30.3 Å². The third-order valence-electron chi connectivity index (χ3n) is 4.18. The van der Waals surface area contributed by atoms with Crippen LogP contribution in [-0.4, -0.2) is 24.4 Å².